The van der Waals surface area contributed by atoms with E-state index in [1.54, 1.807) is 11.3 Å². The van der Waals surface area contributed by atoms with Crippen LogP contribution in [0.5, 0.6) is 10.9 Å². The van der Waals surface area contributed by atoms with Crippen molar-refractivity contribution in [1.82, 2.24) is 14.8 Å². The van der Waals surface area contributed by atoms with Crippen molar-refractivity contribution in [2.24, 2.45) is 11.8 Å². The Morgan fingerprint density at radius 1 is 1.18 bits per heavy atom. The van der Waals surface area contributed by atoms with Crippen molar-refractivity contribution in [2.45, 2.75) is 31.6 Å². The molecule has 0 spiro atoms. The summed E-state index contributed by atoms with van der Waals surface area (Å²) in [5.74, 6) is 2.66. The summed E-state index contributed by atoms with van der Waals surface area (Å²) >= 11 is 1.70. The summed E-state index contributed by atoms with van der Waals surface area (Å²) in [7, 11) is 0. The van der Waals surface area contributed by atoms with Crippen LogP contribution in [-0.2, 0) is 16.0 Å². The molecule has 7 heteroatoms. The molecule has 2 aromatic rings. The molecule has 6 rings (SSSR count). The average Bonchev–Trinajstić information content (AvgIpc) is 3.24. The zero-order valence-corrected chi connectivity index (χ0v) is 19.8. The van der Waals surface area contributed by atoms with Gasteiger partial charge in [0.25, 0.3) is 5.19 Å². The molecule has 1 aromatic carbocycles. The molecule has 33 heavy (non-hydrogen) atoms. The third kappa shape index (κ3) is 4.72. The van der Waals surface area contributed by atoms with E-state index in [4.69, 9.17) is 9.47 Å². The molecule has 6 nitrogen and oxygen atoms in total. The van der Waals surface area contributed by atoms with E-state index >= 15 is 0 Å². The predicted octanol–water partition coefficient (Wildman–Crippen LogP) is 4.18. The van der Waals surface area contributed by atoms with Crippen molar-refractivity contribution in [2.75, 3.05) is 45.9 Å². The molecule has 3 atom stereocenters. The Bertz CT molecular complexity index is 1020. The number of hydrogen-bond donors (Lipinski definition) is 0. The second-order valence-electron chi connectivity index (χ2n) is 9.67. The van der Waals surface area contributed by atoms with Crippen molar-refractivity contribution >= 4 is 23.3 Å². The van der Waals surface area contributed by atoms with Crippen LogP contribution in [0.15, 0.2) is 30.3 Å². The molecule has 3 unspecified atom stereocenters. The largest absolute Gasteiger partial charge is 0.431 e. The number of aromatic nitrogens is 1. The van der Waals surface area contributed by atoms with Crippen LogP contribution in [0.1, 0.15) is 41.3 Å². The van der Waals surface area contributed by atoms with Crippen LogP contribution < -0.4 is 4.74 Å². The topological polar surface area (TPSA) is 54.9 Å². The maximum atomic E-state index is 12.5. The van der Waals surface area contributed by atoms with Crippen LogP contribution in [0.3, 0.4) is 0 Å². The van der Waals surface area contributed by atoms with Crippen molar-refractivity contribution in [3.63, 3.8) is 0 Å². The summed E-state index contributed by atoms with van der Waals surface area (Å²) in [4.78, 5) is 23.1. The smallest absolute Gasteiger partial charge is 0.279 e. The highest BCUT2D eigenvalue weighted by Gasteiger charge is 2.42. The fourth-order valence-corrected chi connectivity index (χ4v) is 6.32. The highest BCUT2D eigenvalue weighted by atomic mass is 32.1. The van der Waals surface area contributed by atoms with Gasteiger partial charge in [-0.3, -0.25) is 9.69 Å². The van der Waals surface area contributed by atoms with Gasteiger partial charge < -0.3 is 14.4 Å². The molecule has 2 aliphatic heterocycles. The lowest BCUT2D eigenvalue weighted by molar-refractivity contribution is -0.137. The van der Waals surface area contributed by atoms with Crippen LogP contribution >= 0.6 is 11.3 Å². The summed E-state index contributed by atoms with van der Waals surface area (Å²) in [5, 5.41) is 0.753. The van der Waals surface area contributed by atoms with E-state index in [-0.39, 0.29) is 5.92 Å². The minimum atomic E-state index is 0.0897. The summed E-state index contributed by atoms with van der Waals surface area (Å²) in [6, 6.07) is 8.45. The van der Waals surface area contributed by atoms with E-state index in [0.29, 0.717) is 18.4 Å². The lowest BCUT2D eigenvalue weighted by Gasteiger charge is -2.35. The Morgan fingerprint density at radius 2 is 2.03 bits per heavy atom. The summed E-state index contributed by atoms with van der Waals surface area (Å²) in [6.45, 7) is 6.05. The SMILES string of the molecule is O=C(C1CCOC1)N1CCN(CCCc2ccc(Oc3nc4c(s3)C3CC3C=C4)cc2)CC1. The number of thiazole rings is 1. The monoisotopic (exact) mass is 465 g/mol. The van der Waals surface area contributed by atoms with Crippen LogP contribution in [0.2, 0.25) is 0 Å². The number of fused-ring (bicyclic) bond motifs is 3. The lowest BCUT2D eigenvalue weighted by Crippen LogP contribution is -2.50. The van der Waals surface area contributed by atoms with Crippen molar-refractivity contribution in [3.8, 4) is 10.9 Å². The summed E-state index contributed by atoms with van der Waals surface area (Å²) in [6.07, 6.45) is 8.77. The van der Waals surface area contributed by atoms with Crippen molar-refractivity contribution in [3.05, 3.63) is 46.5 Å². The van der Waals surface area contributed by atoms with Crippen LogP contribution in [0.25, 0.3) is 6.08 Å². The van der Waals surface area contributed by atoms with E-state index in [2.05, 4.69) is 46.3 Å². The number of allylic oxidation sites excluding steroid dienone is 1. The molecule has 2 saturated heterocycles. The Morgan fingerprint density at radius 3 is 2.82 bits per heavy atom. The third-order valence-corrected chi connectivity index (χ3v) is 8.45. The molecule has 1 saturated carbocycles. The predicted molar refractivity (Wildman–Crippen MR) is 129 cm³/mol. The highest BCUT2D eigenvalue weighted by molar-refractivity contribution is 7.13. The Labute approximate surface area is 199 Å². The Balaban J connectivity index is 0.935. The number of ether oxygens (including phenoxy) is 2. The molecule has 0 bridgehead atoms. The van der Waals surface area contributed by atoms with Gasteiger partial charge in [-0.2, -0.15) is 0 Å². The zero-order valence-electron chi connectivity index (χ0n) is 18.9. The number of carbonyl (C=O) groups excluding carboxylic acids is 1. The van der Waals surface area contributed by atoms with Gasteiger partial charge in [0.15, 0.2) is 0 Å². The number of nitrogens with zero attached hydrogens (tertiary/aromatic N) is 3. The van der Waals surface area contributed by atoms with Gasteiger partial charge in [-0.15, -0.1) is 0 Å². The number of piperazine rings is 1. The van der Waals surface area contributed by atoms with E-state index < -0.39 is 0 Å². The molecule has 1 aromatic heterocycles. The van der Waals surface area contributed by atoms with E-state index in [1.165, 1.54) is 16.9 Å². The van der Waals surface area contributed by atoms with Crippen LogP contribution in [0, 0.1) is 11.8 Å². The third-order valence-electron chi connectivity index (χ3n) is 7.37. The van der Waals surface area contributed by atoms with Gasteiger partial charge in [-0.05, 0) is 61.9 Å². The molecule has 3 fully saturated rings. The van der Waals surface area contributed by atoms with E-state index in [9.17, 15) is 4.79 Å². The van der Waals surface area contributed by atoms with Crippen LogP contribution in [-0.4, -0.2) is 66.6 Å². The molecular weight excluding hydrogens is 434 g/mol. The number of rotatable bonds is 7. The molecule has 0 N–H and O–H groups in total. The number of hydrogen-bond acceptors (Lipinski definition) is 6. The first kappa shape index (κ1) is 21.3. The van der Waals surface area contributed by atoms with Gasteiger partial charge in [0, 0.05) is 43.6 Å². The molecule has 4 aliphatic rings. The van der Waals surface area contributed by atoms with Gasteiger partial charge in [-0.25, -0.2) is 4.98 Å². The molecule has 0 radical (unpaired) electrons. The normalized spacial score (nSPS) is 26.2. The van der Waals surface area contributed by atoms with Gasteiger partial charge in [0.1, 0.15) is 5.75 Å². The fraction of sp³-hybridized carbons (Fsp3) is 0.538. The Kier molecular flexibility index (Phi) is 5.94. The number of aryl methyl sites for hydroxylation is 1. The van der Waals surface area contributed by atoms with Gasteiger partial charge in [-0.1, -0.05) is 29.5 Å². The molecular formula is C26H31N3O3S. The number of amides is 1. The minimum absolute atomic E-state index is 0.0897. The summed E-state index contributed by atoms with van der Waals surface area (Å²) in [5.41, 5.74) is 2.43. The maximum absolute atomic E-state index is 12.5. The zero-order chi connectivity index (χ0) is 22.2. The number of carbonyl (C=O) groups is 1. The second-order valence-corrected chi connectivity index (χ2v) is 10.7. The number of benzene rings is 1. The molecule has 174 valence electrons. The van der Waals surface area contributed by atoms with Crippen molar-refractivity contribution < 1.29 is 14.3 Å². The first-order valence-electron chi connectivity index (χ1n) is 12.3. The van der Waals surface area contributed by atoms with E-state index in [0.717, 1.165) is 81.1 Å². The quantitative estimate of drug-likeness (QED) is 0.614. The maximum Gasteiger partial charge on any atom is 0.279 e. The minimum Gasteiger partial charge on any atom is -0.431 e. The van der Waals surface area contributed by atoms with Gasteiger partial charge >= 0.3 is 0 Å². The fourth-order valence-electron chi connectivity index (χ4n) is 5.21. The first-order valence-corrected chi connectivity index (χ1v) is 13.1. The standard InChI is InChI=1S/C26H31N3O3S/c30-25(20-9-15-31-17-20)29-13-11-28(12-14-29)10-1-2-18-3-6-21(7-4-18)32-26-27-23-8-5-19-16-22(19)24(23)33-26/h3-8,19-20,22H,1-2,9-17H2. The molecule has 1 amide bonds. The Hall–Kier alpha value is -2.22. The second kappa shape index (κ2) is 9.20. The highest BCUT2D eigenvalue weighted by Crippen LogP contribution is 2.55. The summed E-state index contributed by atoms with van der Waals surface area (Å²) < 4.78 is 11.4. The lowest BCUT2D eigenvalue weighted by atomic mass is 10.1. The van der Waals surface area contributed by atoms with Crippen molar-refractivity contribution in [1.29, 1.82) is 0 Å². The van der Waals surface area contributed by atoms with Crippen LogP contribution in [0.4, 0.5) is 0 Å². The van der Waals surface area contributed by atoms with E-state index in [1.807, 2.05) is 4.90 Å². The van der Waals surface area contributed by atoms with Gasteiger partial charge in [0.05, 0.1) is 18.2 Å². The molecule has 3 heterocycles. The van der Waals surface area contributed by atoms with Gasteiger partial charge in [0.2, 0.25) is 5.91 Å². The first-order chi connectivity index (χ1) is 16.2. The average molecular weight is 466 g/mol. The molecule has 2 aliphatic carbocycles.